The molecule has 1 aromatic carbocycles. The first kappa shape index (κ1) is 15.5. The molecule has 5 heteroatoms. The molecule has 1 aromatic rings. The first-order valence-corrected chi connectivity index (χ1v) is 7.13. The Labute approximate surface area is 124 Å². The van der Waals surface area contributed by atoms with Crippen molar-refractivity contribution in [3.63, 3.8) is 0 Å². The van der Waals surface area contributed by atoms with Crippen molar-refractivity contribution in [1.82, 2.24) is 4.90 Å². The van der Waals surface area contributed by atoms with Gasteiger partial charge in [-0.15, -0.1) is 0 Å². The first-order valence-electron chi connectivity index (χ1n) is 7.13. The van der Waals surface area contributed by atoms with Crippen molar-refractivity contribution in [2.24, 2.45) is 0 Å². The van der Waals surface area contributed by atoms with Crippen molar-refractivity contribution in [3.05, 3.63) is 35.1 Å². The van der Waals surface area contributed by atoms with Crippen LogP contribution in [0.25, 0.3) is 0 Å². The number of ether oxygens (including phenoxy) is 1. The minimum atomic E-state index is -0.512. The number of carbonyl (C=O) groups excluding carboxylic acids is 1. The highest BCUT2D eigenvalue weighted by molar-refractivity contribution is 5.71. The lowest BCUT2D eigenvalue weighted by Crippen LogP contribution is -2.37. The van der Waals surface area contributed by atoms with Crippen LogP contribution in [0.5, 0.6) is 0 Å². The van der Waals surface area contributed by atoms with Crippen molar-refractivity contribution >= 4 is 5.97 Å². The topological polar surface area (TPSA) is 53.3 Å². The summed E-state index contributed by atoms with van der Waals surface area (Å²) < 4.78 is 18.1. The smallest absolute Gasteiger partial charge is 0.319 e. The van der Waals surface area contributed by atoms with Crippen LogP contribution in [0.2, 0.25) is 0 Å². The number of hydrogen-bond donors (Lipinski definition) is 0. The lowest BCUT2D eigenvalue weighted by molar-refractivity contribution is -0.142. The van der Waals surface area contributed by atoms with E-state index in [2.05, 4.69) is 4.90 Å². The minimum absolute atomic E-state index is 0.0388. The number of rotatable bonds is 5. The molecule has 0 atom stereocenters. The Hall–Kier alpha value is -1.93. The summed E-state index contributed by atoms with van der Waals surface area (Å²) in [6, 6.07) is 6.71. The van der Waals surface area contributed by atoms with E-state index in [1.54, 1.807) is 12.1 Å². The van der Waals surface area contributed by atoms with Gasteiger partial charge < -0.3 is 4.74 Å². The number of benzene rings is 1. The second-order valence-corrected chi connectivity index (χ2v) is 5.35. The van der Waals surface area contributed by atoms with Crippen LogP contribution in [0.1, 0.15) is 36.8 Å². The summed E-state index contributed by atoms with van der Waals surface area (Å²) in [5, 5.41) is 8.89. The molecule has 0 radical (unpaired) electrons. The predicted octanol–water partition coefficient (Wildman–Crippen LogP) is 2.61. The number of methoxy groups -OCH3 is 1. The molecule has 0 heterocycles. The predicted molar refractivity (Wildman–Crippen MR) is 75.8 cm³/mol. The molecule has 4 nitrogen and oxygen atoms in total. The van der Waals surface area contributed by atoms with Gasteiger partial charge in [-0.3, -0.25) is 9.69 Å². The number of esters is 1. The Bertz CT molecular complexity index is 548. The molecule has 0 aliphatic heterocycles. The van der Waals surface area contributed by atoms with E-state index in [-0.39, 0.29) is 18.1 Å². The van der Waals surface area contributed by atoms with Gasteiger partial charge in [-0.2, -0.15) is 5.26 Å². The molecule has 1 aliphatic carbocycles. The summed E-state index contributed by atoms with van der Waals surface area (Å²) in [6.45, 7) is 0.745. The first-order chi connectivity index (χ1) is 10.1. The van der Waals surface area contributed by atoms with E-state index in [4.69, 9.17) is 10.00 Å². The third-order valence-corrected chi connectivity index (χ3v) is 3.94. The molecular formula is C16H19FN2O2. The fraction of sp³-hybridized carbons (Fsp3) is 0.500. The largest absolute Gasteiger partial charge is 0.468 e. The summed E-state index contributed by atoms with van der Waals surface area (Å²) >= 11 is 0. The lowest BCUT2D eigenvalue weighted by atomic mass is 10.1. The third-order valence-electron chi connectivity index (χ3n) is 3.94. The van der Waals surface area contributed by atoms with Crippen LogP contribution in [0.15, 0.2) is 18.2 Å². The van der Waals surface area contributed by atoms with Gasteiger partial charge in [-0.1, -0.05) is 18.9 Å². The molecule has 112 valence electrons. The van der Waals surface area contributed by atoms with E-state index in [9.17, 15) is 9.18 Å². The van der Waals surface area contributed by atoms with E-state index < -0.39 is 5.82 Å². The Balaban J connectivity index is 2.14. The quantitative estimate of drug-likeness (QED) is 0.782. The zero-order valence-corrected chi connectivity index (χ0v) is 12.1. The van der Waals surface area contributed by atoms with Crippen LogP contribution < -0.4 is 0 Å². The average molecular weight is 290 g/mol. The van der Waals surface area contributed by atoms with Crippen LogP contribution in [0.3, 0.4) is 0 Å². The molecule has 0 amide bonds. The van der Waals surface area contributed by atoms with E-state index in [0.29, 0.717) is 12.6 Å². The minimum Gasteiger partial charge on any atom is -0.468 e. The number of hydrogen-bond acceptors (Lipinski definition) is 4. The van der Waals surface area contributed by atoms with Crippen LogP contribution in [-0.4, -0.2) is 30.6 Å². The highest BCUT2D eigenvalue weighted by atomic mass is 19.1. The van der Waals surface area contributed by atoms with Gasteiger partial charge in [-0.25, -0.2) is 4.39 Å². The van der Waals surface area contributed by atoms with Gasteiger partial charge >= 0.3 is 5.97 Å². The van der Waals surface area contributed by atoms with Crippen LogP contribution in [0.4, 0.5) is 4.39 Å². The molecule has 0 aromatic heterocycles. The normalized spacial score (nSPS) is 15.1. The lowest BCUT2D eigenvalue weighted by Gasteiger charge is -2.27. The van der Waals surface area contributed by atoms with E-state index in [1.165, 1.54) is 13.2 Å². The number of halogens is 1. The Morgan fingerprint density at radius 3 is 2.81 bits per heavy atom. The average Bonchev–Trinajstić information content (AvgIpc) is 3.02. The SMILES string of the molecule is COC(=O)CN(Cc1ccc(F)c(C#N)c1)C1CCCC1. The van der Waals surface area contributed by atoms with E-state index in [1.807, 2.05) is 6.07 Å². The molecule has 1 aliphatic rings. The van der Waals surface area contributed by atoms with E-state index >= 15 is 0 Å². The summed E-state index contributed by atoms with van der Waals surface area (Å²) in [6.07, 6.45) is 4.44. The molecule has 0 unspecified atom stereocenters. The van der Waals surface area contributed by atoms with Gasteiger partial charge in [0.1, 0.15) is 11.9 Å². The molecule has 1 fully saturated rings. The van der Waals surface area contributed by atoms with Crippen LogP contribution >= 0.6 is 0 Å². The second-order valence-electron chi connectivity index (χ2n) is 5.35. The number of carbonyl (C=O) groups is 1. The summed E-state index contributed by atoms with van der Waals surface area (Å²) in [5.41, 5.74) is 0.876. The van der Waals surface area contributed by atoms with Crippen LogP contribution in [-0.2, 0) is 16.1 Å². The summed E-state index contributed by atoms with van der Waals surface area (Å²) in [4.78, 5) is 13.6. The van der Waals surface area contributed by atoms with Gasteiger partial charge in [0, 0.05) is 12.6 Å². The highest BCUT2D eigenvalue weighted by Gasteiger charge is 2.25. The standard InChI is InChI=1S/C16H19FN2O2/c1-21-16(20)11-19(14-4-2-3-5-14)10-12-6-7-15(17)13(8-12)9-18/h6-8,14H,2-5,10-11H2,1H3. The maximum Gasteiger partial charge on any atom is 0.319 e. The van der Waals surface area contributed by atoms with E-state index in [0.717, 1.165) is 31.2 Å². The molecule has 0 saturated heterocycles. The third kappa shape index (κ3) is 4.02. The van der Waals surface area contributed by atoms with Crippen molar-refractivity contribution in [1.29, 1.82) is 5.26 Å². The van der Waals surface area contributed by atoms with Gasteiger partial charge in [0.15, 0.2) is 0 Å². The molecule has 2 rings (SSSR count). The maximum absolute atomic E-state index is 13.4. The van der Waals surface area contributed by atoms with Crippen molar-refractivity contribution in [3.8, 4) is 6.07 Å². The van der Waals surface area contributed by atoms with Crippen molar-refractivity contribution in [2.75, 3.05) is 13.7 Å². The van der Waals surface area contributed by atoms with Gasteiger partial charge in [0.2, 0.25) is 0 Å². The Morgan fingerprint density at radius 1 is 1.48 bits per heavy atom. The van der Waals surface area contributed by atoms with Gasteiger partial charge in [-0.05, 0) is 30.5 Å². The fourth-order valence-corrected chi connectivity index (χ4v) is 2.80. The van der Waals surface area contributed by atoms with Gasteiger partial charge in [0.05, 0.1) is 19.2 Å². The molecular weight excluding hydrogens is 271 g/mol. The molecule has 1 saturated carbocycles. The molecule has 0 bridgehead atoms. The van der Waals surface area contributed by atoms with Crippen molar-refractivity contribution in [2.45, 2.75) is 38.3 Å². The molecule has 21 heavy (non-hydrogen) atoms. The highest BCUT2D eigenvalue weighted by Crippen LogP contribution is 2.25. The fourth-order valence-electron chi connectivity index (χ4n) is 2.80. The number of nitriles is 1. The maximum atomic E-state index is 13.4. The monoisotopic (exact) mass is 290 g/mol. The molecule has 0 N–H and O–H groups in total. The van der Waals surface area contributed by atoms with Crippen molar-refractivity contribution < 1.29 is 13.9 Å². The Kier molecular flexibility index (Phi) is 5.29. The zero-order valence-electron chi connectivity index (χ0n) is 12.1. The van der Waals surface area contributed by atoms with Crippen LogP contribution in [0, 0.1) is 17.1 Å². The zero-order chi connectivity index (χ0) is 15.2. The second kappa shape index (κ2) is 7.19. The summed E-state index contributed by atoms with van der Waals surface area (Å²) in [7, 11) is 1.38. The molecule has 0 spiro atoms. The Morgan fingerprint density at radius 2 is 2.19 bits per heavy atom. The number of nitrogens with zero attached hydrogens (tertiary/aromatic N) is 2. The van der Waals surface area contributed by atoms with Gasteiger partial charge in [0.25, 0.3) is 0 Å². The summed E-state index contributed by atoms with van der Waals surface area (Å²) in [5.74, 6) is -0.786.